The summed E-state index contributed by atoms with van der Waals surface area (Å²) >= 11 is 0. The molecular weight excluding hydrogens is 266 g/mol. The molecule has 3 aromatic rings. The van der Waals surface area contributed by atoms with Gasteiger partial charge in [-0.3, -0.25) is 9.58 Å². The Morgan fingerprint density at radius 2 is 2.24 bits per heavy atom. The maximum absolute atomic E-state index is 5.83. The monoisotopic (exact) mass is 283 g/mol. The van der Waals surface area contributed by atoms with E-state index >= 15 is 0 Å². The number of likely N-dealkylation sites (tertiary alicyclic amines) is 1. The third-order valence-electron chi connectivity index (χ3n) is 4.04. The zero-order valence-electron chi connectivity index (χ0n) is 11.7. The lowest BCUT2D eigenvalue weighted by molar-refractivity contribution is 0.201. The van der Waals surface area contributed by atoms with Crippen molar-refractivity contribution >= 4 is 11.1 Å². The van der Waals surface area contributed by atoms with E-state index < -0.39 is 0 Å². The van der Waals surface area contributed by atoms with Gasteiger partial charge in [0.1, 0.15) is 18.2 Å². The molecule has 6 heteroatoms. The van der Waals surface area contributed by atoms with E-state index in [0.29, 0.717) is 6.04 Å². The minimum Gasteiger partial charge on any atom is -0.439 e. The number of hydrogen-bond donors (Lipinski definition) is 0. The molecule has 108 valence electrons. The van der Waals surface area contributed by atoms with Crippen LogP contribution in [0.15, 0.2) is 41.3 Å². The highest BCUT2D eigenvalue weighted by Crippen LogP contribution is 2.23. The van der Waals surface area contributed by atoms with Gasteiger partial charge in [0.25, 0.3) is 0 Å². The van der Waals surface area contributed by atoms with Gasteiger partial charge in [0.15, 0.2) is 5.58 Å². The molecule has 3 heterocycles. The lowest BCUT2D eigenvalue weighted by Crippen LogP contribution is -2.32. The minimum atomic E-state index is 0.474. The van der Waals surface area contributed by atoms with Gasteiger partial charge in [0.05, 0.1) is 13.1 Å². The first-order chi connectivity index (χ1) is 10.4. The van der Waals surface area contributed by atoms with Crippen molar-refractivity contribution in [2.24, 2.45) is 0 Å². The largest absolute Gasteiger partial charge is 0.439 e. The van der Waals surface area contributed by atoms with E-state index in [2.05, 4.69) is 20.0 Å². The predicted octanol–water partition coefficient (Wildman–Crippen LogP) is 2.08. The lowest BCUT2D eigenvalue weighted by atomic mass is 10.2. The molecule has 1 saturated heterocycles. The Morgan fingerprint density at radius 3 is 3.10 bits per heavy atom. The number of aromatic nitrogens is 4. The highest BCUT2D eigenvalue weighted by Gasteiger charge is 2.26. The second-order valence-electron chi connectivity index (χ2n) is 5.46. The summed E-state index contributed by atoms with van der Waals surface area (Å²) in [4.78, 5) is 11.0. The third-order valence-corrected chi connectivity index (χ3v) is 4.04. The molecular formula is C15H17N5O. The Bertz CT molecular complexity index is 688. The SMILES string of the molecule is c1ccc2oc(CN3CCC[C@@H]3Cn3cncn3)nc2c1. The van der Waals surface area contributed by atoms with Gasteiger partial charge in [-0.1, -0.05) is 12.1 Å². The van der Waals surface area contributed by atoms with Crippen LogP contribution in [0, 0.1) is 0 Å². The summed E-state index contributed by atoms with van der Waals surface area (Å²) in [5.41, 5.74) is 1.79. The van der Waals surface area contributed by atoms with E-state index in [-0.39, 0.29) is 0 Å². The van der Waals surface area contributed by atoms with Crippen molar-refractivity contribution in [3.8, 4) is 0 Å². The number of fused-ring (bicyclic) bond motifs is 1. The second kappa shape index (κ2) is 5.29. The molecule has 0 aliphatic carbocycles. The molecule has 1 aromatic carbocycles. The number of nitrogens with zero attached hydrogens (tertiary/aromatic N) is 5. The van der Waals surface area contributed by atoms with Crippen LogP contribution in [0.1, 0.15) is 18.7 Å². The Balaban J connectivity index is 1.49. The quantitative estimate of drug-likeness (QED) is 0.733. The number of benzene rings is 1. The van der Waals surface area contributed by atoms with Gasteiger partial charge >= 0.3 is 0 Å². The zero-order valence-corrected chi connectivity index (χ0v) is 11.7. The summed E-state index contributed by atoms with van der Waals surface area (Å²) in [6.45, 7) is 2.71. The first-order valence-electron chi connectivity index (χ1n) is 7.29. The van der Waals surface area contributed by atoms with Crippen LogP contribution in [0.2, 0.25) is 0 Å². The van der Waals surface area contributed by atoms with Crippen molar-refractivity contribution in [1.29, 1.82) is 0 Å². The molecule has 21 heavy (non-hydrogen) atoms. The molecule has 4 rings (SSSR count). The number of hydrogen-bond acceptors (Lipinski definition) is 5. The molecule has 1 aliphatic rings. The van der Waals surface area contributed by atoms with E-state index in [4.69, 9.17) is 4.42 Å². The van der Waals surface area contributed by atoms with E-state index in [1.807, 2.05) is 28.9 Å². The molecule has 6 nitrogen and oxygen atoms in total. The van der Waals surface area contributed by atoms with E-state index in [1.54, 1.807) is 12.7 Å². The van der Waals surface area contributed by atoms with Gasteiger partial charge in [0.2, 0.25) is 5.89 Å². The molecule has 0 spiro atoms. The summed E-state index contributed by atoms with van der Waals surface area (Å²) in [5.74, 6) is 0.793. The summed E-state index contributed by atoms with van der Waals surface area (Å²) < 4.78 is 7.72. The first-order valence-corrected chi connectivity index (χ1v) is 7.29. The van der Waals surface area contributed by atoms with Gasteiger partial charge in [-0.2, -0.15) is 5.10 Å². The second-order valence-corrected chi connectivity index (χ2v) is 5.46. The number of oxazole rings is 1. The fourth-order valence-corrected chi connectivity index (χ4v) is 3.01. The summed E-state index contributed by atoms with van der Waals surface area (Å²) in [5, 5.41) is 4.20. The topological polar surface area (TPSA) is 60.0 Å². The molecule has 0 amide bonds. The van der Waals surface area contributed by atoms with Gasteiger partial charge in [-0.05, 0) is 31.5 Å². The molecule has 0 radical (unpaired) electrons. The first kappa shape index (κ1) is 12.5. The molecule has 1 aliphatic heterocycles. The Hall–Kier alpha value is -2.21. The highest BCUT2D eigenvalue weighted by atomic mass is 16.3. The predicted molar refractivity (Wildman–Crippen MR) is 77.5 cm³/mol. The Kier molecular flexibility index (Phi) is 3.16. The average molecular weight is 283 g/mol. The van der Waals surface area contributed by atoms with Crippen molar-refractivity contribution in [2.45, 2.75) is 32.0 Å². The molecule has 2 aromatic heterocycles. The van der Waals surface area contributed by atoms with Gasteiger partial charge in [0, 0.05) is 6.04 Å². The van der Waals surface area contributed by atoms with Crippen molar-refractivity contribution < 1.29 is 4.42 Å². The van der Waals surface area contributed by atoms with Crippen molar-refractivity contribution in [3.05, 3.63) is 42.8 Å². The summed E-state index contributed by atoms with van der Waals surface area (Å²) in [6.07, 6.45) is 5.75. The van der Waals surface area contributed by atoms with Gasteiger partial charge in [-0.25, -0.2) is 9.97 Å². The molecule has 0 bridgehead atoms. The smallest absolute Gasteiger partial charge is 0.209 e. The third kappa shape index (κ3) is 2.54. The average Bonchev–Trinajstić information content (AvgIpc) is 3.21. The summed E-state index contributed by atoms with van der Waals surface area (Å²) in [7, 11) is 0. The fraction of sp³-hybridized carbons (Fsp3) is 0.400. The lowest BCUT2D eigenvalue weighted by Gasteiger charge is -2.22. The van der Waals surface area contributed by atoms with Crippen molar-refractivity contribution in [3.63, 3.8) is 0 Å². The molecule has 0 unspecified atom stereocenters. The van der Waals surface area contributed by atoms with E-state index in [0.717, 1.165) is 36.6 Å². The number of rotatable bonds is 4. The van der Waals surface area contributed by atoms with Crippen LogP contribution in [0.3, 0.4) is 0 Å². The summed E-state index contributed by atoms with van der Waals surface area (Å²) in [6, 6.07) is 8.38. The van der Waals surface area contributed by atoms with Crippen LogP contribution in [0.4, 0.5) is 0 Å². The zero-order chi connectivity index (χ0) is 14.1. The molecule has 1 atom stereocenters. The van der Waals surface area contributed by atoms with Crippen LogP contribution >= 0.6 is 0 Å². The normalized spacial score (nSPS) is 19.5. The standard InChI is InChI=1S/C15H17N5O/c1-2-6-14-13(5-1)18-15(21-14)9-19-7-3-4-12(19)8-20-11-16-10-17-20/h1-2,5-6,10-12H,3-4,7-9H2/t12-/m1/s1. The maximum Gasteiger partial charge on any atom is 0.209 e. The van der Waals surface area contributed by atoms with Crippen LogP contribution < -0.4 is 0 Å². The number of para-hydroxylation sites is 2. The van der Waals surface area contributed by atoms with Crippen molar-refractivity contribution in [2.75, 3.05) is 6.54 Å². The Morgan fingerprint density at radius 1 is 1.29 bits per heavy atom. The van der Waals surface area contributed by atoms with E-state index in [1.165, 1.54) is 12.8 Å². The highest BCUT2D eigenvalue weighted by molar-refractivity contribution is 5.72. The fourth-order valence-electron chi connectivity index (χ4n) is 3.01. The van der Waals surface area contributed by atoms with Gasteiger partial charge in [-0.15, -0.1) is 0 Å². The molecule has 1 fully saturated rings. The molecule has 0 saturated carbocycles. The van der Waals surface area contributed by atoms with Crippen LogP contribution in [-0.4, -0.2) is 37.2 Å². The van der Waals surface area contributed by atoms with Crippen molar-refractivity contribution in [1.82, 2.24) is 24.6 Å². The maximum atomic E-state index is 5.83. The van der Waals surface area contributed by atoms with Crippen LogP contribution in [-0.2, 0) is 13.1 Å². The molecule has 0 N–H and O–H groups in total. The van der Waals surface area contributed by atoms with Gasteiger partial charge < -0.3 is 4.42 Å². The Labute approximate surface area is 122 Å². The van der Waals surface area contributed by atoms with Crippen LogP contribution in [0.5, 0.6) is 0 Å². The minimum absolute atomic E-state index is 0.474. The van der Waals surface area contributed by atoms with Crippen LogP contribution in [0.25, 0.3) is 11.1 Å². The van der Waals surface area contributed by atoms with E-state index in [9.17, 15) is 0 Å².